The molecule has 1 aromatic heterocycles. The number of halogens is 3. The Hall–Kier alpha value is -1.05. The number of nitrogens with one attached hydrogen (secondary N) is 1. The lowest BCUT2D eigenvalue weighted by atomic mass is 10.3. The topological polar surface area (TPSA) is 36.9 Å². The molecule has 8 heteroatoms. The van der Waals surface area contributed by atoms with Crippen LogP contribution in [0.15, 0.2) is 0 Å². The largest absolute Gasteiger partial charge is 0.406 e. The Kier molecular flexibility index (Phi) is 4.78. The van der Waals surface area contributed by atoms with Crippen molar-refractivity contribution in [3.63, 3.8) is 0 Å². The predicted molar refractivity (Wildman–Crippen MR) is 66.4 cm³/mol. The van der Waals surface area contributed by atoms with Gasteiger partial charge in [-0.15, -0.1) is 5.10 Å². The maximum absolute atomic E-state index is 12.5. The molecule has 0 saturated carbocycles. The lowest BCUT2D eigenvalue weighted by Gasteiger charge is -2.25. The molecule has 0 radical (unpaired) electrons. The summed E-state index contributed by atoms with van der Waals surface area (Å²) in [5.74, 6) is 0.245. The standard InChI is InChI=1S/C10H17F3N4S/c1-4-5-16(6-10(11,12)13)8-14-15-9(18)17(8)7(2)3/h7H,4-6H2,1-3H3,(H,15,18). The number of aromatic nitrogens is 3. The van der Waals surface area contributed by atoms with Crippen molar-refractivity contribution < 1.29 is 13.2 Å². The van der Waals surface area contributed by atoms with E-state index in [1.54, 1.807) is 4.57 Å². The third-order valence-corrected chi connectivity index (χ3v) is 2.64. The van der Waals surface area contributed by atoms with Gasteiger partial charge in [0.2, 0.25) is 5.95 Å². The summed E-state index contributed by atoms with van der Waals surface area (Å²) in [7, 11) is 0. The molecule has 18 heavy (non-hydrogen) atoms. The molecule has 1 N–H and O–H groups in total. The van der Waals surface area contributed by atoms with Crippen LogP contribution in [-0.2, 0) is 0 Å². The van der Waals surface area contributed by atoms with Gasteiger partial charge in [-0.25, -0.2) is 5.10 Å². The third kappa shape index (κ3) is 3.72. The first-order valence-corrected chi connectivity index (χ1v) is 6.15. The first kappa shape index (κ1) is 15.0. The zero-order valence-corrected chi connectivity index (χ0v) is 11.4. The Balaban J connectivity index is 3.10. The molecule has 0 aliphatic rings. The predicted octanol–water partition coefficient (Wildman–Crippen LogP) is 3.30. The van der Waals surface area contributed by atoms with Crippen LogP contribution in [0.2, 0.25) is 0 Å². The van der Waals surface area contributed by atoms with E-state index < -0.39 is 12.7 Å². The second-order valence-electron chi connectivity index (χ2n) is 4.33. The van der Waals surface area contributed by atoms with E-state index >= 15 is 0 Å². The molecule has 1 aromatic rings. The number of alkyl halides is 3. The number of rotatable bonds is 5. The first-order chi connectivity index (χ1) is 8.26. The smallest absolute Gasteiger partial charge is 0.332 e. The number of hydrogen-bond acceptors (Lipinski definition) is 3. The van der Waals surface area contributed by atoms with Crippen molar-refractivity contribution in [1.29, 1.82) is 0 Å². The summed E-state index contributed by atoms with van der Waals surface area (Å²) < 4.78 is 39.5. The van der Waals surface area contributed by atoms with Gasteiger partial charge >= 0.3 is 6.18 Å². The summed E-state index contributed by atoms with van der Waals surface area (Å²) in [5.41, 5.74) is 0. The fourth-order valence-electron chi connectivity index (χ4n) is 1.72. The van der Waals surface area contributed by atoms with Crippen molar-refractivity contribution in [2.24, 2.45) is 0 Å². The van der Waals surface area contributed by atoms with Gasteiger partial charge in [-0.1, -0.05) is 6.92 Å². The molecule has 0 atom stereocenters. The van der Waals surface area contributed by atoms with E-state index in [4.69, 9.17) is 12.2 Å². The van der Waals surface area contributed by atoms with Crippen LogP contribution in [0.25, 0.3) is 0 Å². The van der Waals surface area contributed by atoms with Gasteiger partial charge in [0.1, 0.15) is 6.54 Å². The molecule has 0 aliphatic heterocycles. The van der Waals surface area contributed by atoms with Gasteiger partial charge < -0.3 is 4.90 Å². The molecule has 4 nitrogen and oxygen atoms in total. The normalized spacial score (nSPS) is 12.2. The summed E-state index contributed by atoms with van der Waals surface area (Å²) in [5, 5.41) is 6.46. The van der Waals surface area contributed by atoms with Crippen LogP contribution < -0.4 is 4.90 Å². The second kappa shape index (κ2) is 5.73. The quantitative estimate of drug-likeness (QED) is 0.842. The van der Waals surface area contributed by atoms with Gasteiger partial charge in [-0.05, 0) is 32.5 Å². The lowest BCUT2D eigenvalue weighted by molar-refractivity contribution is -0.120. The molecule has 1 heterocycles. The molecule has 0 fully saturated rings. The zero-order chi connectivity index (χ0) is 13.9. The van der Waals surface area contributed by atoms with Crippen LogP contribution in [0.5, 0.6) is 0 Å². The summed E-state index contributed by atoms with van der Waals surface area (Å²) in [4.78, 5) is 1.20. The highest BCUT2D eigenvalue weighted by Crippen LogP contribution is 2.23. The summed E-state index contributed by atoms with van der Waals surface area (Å²) in [6.07, 6.45) is -3.65. The van der Waals surface area contributed by atoms with Crippen molar-refractivity contribution in [3.05, 3.63) is 4.77 Å². The average molecular weight is 282 g/mol. The number of hydrogen-bond donors (Lipinski definition) is 1. The minimum atomic E-state index is -4.26. The van der Waals surface area contributed by atoms with Crippen LogP contribution in [0.3, 0.4) is 0 Å². The maximum Gasteiger partial charge on any atom is 0.406 e. The van der Waals surface area contributed by atoms with E-state index in [2.05, 4.69) is 10.2 Å². The zero-order valence-electron chi connectivity index (χ0n) is 10.6. The fraction of sp³-hybridized carbons (Fsp3) is 0.800. The molecule has 0 amide bonds. The van der Waals surface area contributed by atoms with E-state index in [1.165, 1.54) is 4.90 Å². The van der Waals surface area contributed by atoms with Crippen LogP contribution in [-0.4, -0.2) is 34.0 Å². The Labute approximate surface area is 109 Å². The highest BCUT2D eigenvalue weighted by Gasteiger charge is 2.32. The van der Waals surface area contributed by atoms with Gasteiger partial charge in [-0.2, -0.15) is 13.2 Å². The number of aromatic amines is 1. The summed E-state index contributed by atoms with van der Waals surface area (Å²) in [6, 6.07) is -0.0427. The van der Waals surface area contributed by atoms with Gasteiger partial charge in [0.15, 0.2) is 4.77 Å². The molecular weight excluding hydrogens is 265 g/mol. The molecule has 1 rings (SSSR count). The van der Waals surface area contributed by atoms with E-state index in [-0.39, 0.29) is 18.5 Å². The van der Waals surface area contributed by atoms with Crippen LogP contribution in [0.1, 0.15) is 33.2 Å². The van der Waals surface area contributed by atoms with Gasteiger partial charge in [0.25, 0.3) is 0 Å². The summed E-state index contributed by atoms with van der Waals surface area (Å²) in [6.45, 7) is 4.79. The molecule has 0 unspecified atom stereocenters. The van der Waals surface area contributed by atoms with Gasteiger partial charge in [-0.3, -0.25) is 4.57 Å². The van der Waals surface area contributed by atoms with Gasteiger partial charge in [0.05, 0.1) is 0 Å². The van der Waals surface area contributed by atoms with Crippen LogP contribution >= 0.6 is 12.2 Å². The molecule has 104 valence electrons. The van der Waals surface area contributed by atoms with Crippen molar-refractivity contribution >= 4 is 18.2 Å². The molecule has 0 saturated heterocycles. The molecular formula is C10H17F3N4S. The van der Waals surface area contributed by atoms with Crippen molar-refractivity contribution in [3.8, 4) is 0 Å². The lowest BCUT2D eigenvalue weighted by Crippen LogP contribution is -2.36. The van der Waals surface area contributed by atoms with Crippen molar-refractivity contribution in [1.82, 2.24) is 14.8 Å². The highest BCUT2D eigenvalue weighted by atomic mass is 32.1. The van der Waals surface area contributed by atoms with E-state index in [0.29, 0.717) is 11.2 Å². The Bertz CT molecular complexity index is 435. The Morgan fingerprint density at radius 2 is 2.06 bits per heavy atom. The number of anilines is 1. The van der Waals surface area contributed by atoms with Gasteiger partial charge in [0, 0.05) is 12.6 Å². The second-order valence-corrected chi connectivity index (χ2v) is 4.72. The SMILES string of the molecule is CCCN(CC(F)(F)F)c1n[nH]c(=S)n1C(C)C. The number of nitrogens with zero attached hydrogens (tertiary/aromatic N) is 3. The highest BCUT2D eigenvalue weighted by molar-refractivity contribution is 7.71. The molecule has 0 bridgehead atoms. The minimum Gasteiger partial charge on any atom is -0.332 e. The minimum absolute atomic E-state index is 0.0427. The first-order valence-electron chi connectivity index (χ1n) is 5.75. The molecule has 0 spiro atoms. The van der Waals surface area contributed by atoms with E-state index in [9.17, 15) is 13.2 Å². The van der Waals surface area contributed by atoms with E-state index in [0.717, 1.165) is 0 Å². The Morgan fingerprint density at radius 1 is 1.44 bits per heavy atom. The summed E-state index contributed by atoms with van der Waals surface area (Å²) >= 11 is 5.03. The van der Waals surface area contributed by atoms with Crippen molar-refractivity contribution in [2.75, 3.05) is 18.0 Å². The van der Waals surface area contributed by atoms with Crippen LogP contribution in [0, 0.1) is 4.77 Å². The monoisotopic (exact) mass is 282 g/mol. The van der Waals surface area contributed by atoms with E-state index in [1.807, 2.05) is 20.8 Å². The maximum atomic E-state index is 12.5. The fourth-order valence-corrected chi connectivity index (χ4v) is 2.06. The van der Waals surface area contributed by atoms with Crippen molar-refractivity contribution in [2.45, 2.75) is 39.4 Å². The third-order valence-electron chi connectivity index (χ3n) is 2.35. The van der Waals surface area contributed by atoms with Crippen LogP contribution in [0.4, 0.5) is 19.1 Å². The Morgan fingerprint density at radius 3 is 2.50 bits per heavy atom. The molecule has 0 aliphatic carbocycles. The molecule has 0 aromatic carbocycles. The average Bonchev–Trinajstić information content (AvgIpc) is 2.57. The number of H-pyrrole nitrogens is 1.